The molecule has 1 saturated heterocycles. The van der Waals surface area contributed by atoms with Crippen LogP contribution in [0.15, 0.2) is 22.7 Å². The van der Waals surface area contributed by atoms with Crippen LogP contribution in [0.5, 0.6) is 0 Å². The fourth-order valence-electron chi connectivity index (χ4n) is 2.61. The Balaban J connectivity index is 1.71. The van der Waals surface area contributed by atoms with E-state index in [9.17, 15) is 0 Å². The van der Waals surface area contributed by atoms with E-state index in [2.05, 4.69) is 32.3 Å². The average Bonchev–Trinajstić information content (AvgIpc) is 3.29. The summed E-state index contributed by atoms with van der Waals surface area (Å²) in [7, 11) is 0. The van der Waals surface area contributed by atoms with Crippen molar-refractivity contribution in [1.29, 1.82) is 5.26 Å². The zero-order valence-electron chi connectivity index (χ0n) is 13.0. The lowest BCUT2D eigenvalue weighted by Gasteiger charge is -2.14. The topological polar surface area (TPSA) is 63.7 Å². The predicted octanol–water partition coefficient (Wildman–Crippen LogP) is 3.97. The van der Waals surface area contributed by atoms with Gasteiger partial charge in [-0.25, -0.2) is 0 Å². The van der Waals surface area contributed by atoms with Gasteiger partial charge < -0.3 is 4.74 Å². The van der Waals surface area contributed by atoms with Crippen molar-refractivity contribution in [3.8, 4) is 16.8 Å². The third kappa shape index (κ3) is 4.34. The number of nitrogens with zero attached hydrogens (tertiary/aromatic N) is 4. The molecule has 0 amide bonds. The minimum Gasteiger partial charge on any atom is -0.376 e. The van der Waals surface area contributed by atoms with Crippen LogP contribution < -0.4 is 0 Å². The minimum atomic E-state index is 0.266. The molecule has 1 fully saturated rings. The third-order valence-corrected chi connectivity index (χ3v) is 5.70. The van der Waals surface area contributed by atoms with Crippen LogP contribution in [0, 0.1) is 11.3 Å². The second kappa shape index (κ2) is 8.48. The van der Waals surface area contributed by atoms with E-state index in [1.807, 2.05) is 6.07 Å². The van der Waals surface area contributed by atoms with Gasteiger partial charge in [-0.15, -0.1) is 21.5 Å². The van der Waals surface area contributed by atoms with Crippen LogP contribution in [-0.2, 0) is 11.3 Å². The number of unbranched alkanes of at least 4 members (excludes halogenated alkanes) is 2. The summed E-state index contributed by atoms with van der Waals surface area (Å²) in [6.07, 6.45) is 5.11. The summed E-state index contributed by atoms with van der Waals surface area (Å²) in [5, 5.41) is 20.4. The number of thioether (sulfide) groups is 1. The van der Waals surface area contributed by atoms with Crippen molar-refractivity contribution in [2.75, 3.05) is 12.4 Å². The highest BCUT2D eigenvalue weighted by atomic mass is 32.2. The molecule has 0 radical (unpaired) electrons. The largest absolute Gasteiger partial charge is 0.376 e. The molecule has 3 rings (SSSR count). The van der Waals surface area contributed by atoms with Gasteiger partial charge >= 0.3 is 0 Å². The molecule has 23 heavy (non-hydrogen) atoms. The Morgan fingerprint density at radius 3 is 3.13 bits per heavy atom. The second-order valence-corrected chi connectivity index (χ2v) is 7.50. The SMILES string of the molecule is N#CCCCCSc1nnc(-c2cccs2)n1CC1CCCO1. The molecule has 122 valence electrons. The molecule has 5 nitrogen and oxygen atoms in total. The van der Waals surface area contributed by atoms with Crippen molar-refractivity contribution in [2.24, 2.45) is 0 Å². The highest BCUT2D eigenvalue weighted by Crippen LogP contribution is 2.29. The lowest BCUT2D eigenvalue weighted by Crippen LogP contribution is -2.16. The maximum atomic E-state index is 8.60. The second-order valence-electron chi connectivity index (χ2n) is 5.49. The average molecular weight is 348 g/mol. The van der Waals surface area contributed by atoms with Gasteiger partial charge in [0.1, 0.15) is 0 Å². The first-order valence-corrected chi connectivity index (χ1v) is 9.83. The van der Waals surface area contributed by atoms with E-state index in [1.54, 1.807) is 23.1 Å². The zero-order chi connectivity index (χ0) is 15.9. The Kier molecular flexibility index (Phi) is 6.08. The maximum Gasteiger partial charge on any atom is 0.191 e. The number of ether oxygens (including phenoxy) is 1. The first-order valence-electron chi connectivity index (χ1n) is 7.97. The third-order valence-electron chi connectivity index (χ3n) is 3.78. The summed E-state index contributed by atoms with van der Waals surface area (Å²) in [4.78, 5) is 1.15. The van der Waals surface area contributed by atoms with Crippen LogP contribution in [0.2, 0.25) is 0 Å². The molecule has 7 heteroatoms. The summed E-state index contributed by atoms with van der Waals surface area (Å²) in [6, 6.07) is 6.32. The van der Waals surface area contributed by atoms with Crippen molar-refractivity contribution in [3.63, 3.8) is 0 Å². The molecule has 3 heterocycles. The number of hydrogen-bond donors (Lipinski definition) is 0. The molecule has 0 aliphatic carbocycles. The van der Waals surface area contributed by atoms with Gasteiger partial charge in [-0.05, 0) is 37.1 Å². The van der Waals surface area contributed by atoms with Crippen molar-refractivity contribution >= 4 is 23.1 Å². The molecule has 1 aliphatic heterocycles. The summed E-state index contributed by atoms with van der Waals surface area (Å²) in [6.45, 7) is 1.68. The van der Waals surface area contributed by atoms with Crippen LogP contribution in [0.1, 0.15) is 32.1 Å². The molecule has 0 N–H and O–H groups in total. The van der Waals surface area contributed by atoms with Gasteiger partial charge in [-0.1, -0.05) is 17.8 Å². The molecule has 0 aromatic carbocycles. The van der Waals surface area contributed by atoms with Gasteiger partial charge in [0.25, 0.3) is 0 Å². The van der Waals surface area contributed by atoms with E-state index in [0.717, 1.165) is 60.4 Å². The summed E-state index contributed by atoms with van der Waals surface area (Å²) in [5.74, 6) is 1.91. The van der Waals surface area contributed by atoms with Crippen LogP contribution in [-0.4, -0.2) is 33.2 Å². The highest BCUT2D eigenvalue weighted by Gasteiger charge is 2.21. The molecule has 2 aromatic rings. The van der Waals surface area contributed by atoms with E-state index in [4.69, 9.17) is 10.00 Å². The fourth-order valence-corrected chi connectivity index (χ4v) is 4.27. The van der Waals surface area contributed by atoms with Crippen LogP contribution in [0.4, 0.5) is 0 Å². The smallest absolute Gasteiger partial charge is 0.191 e. The molecule has 0 spiro atoms. The zero-order valence-corrected chi connectivity index (χ0v) is 14.6. The molecule has 1 atom stereocenters. The monoisotopic (exact) mass is 348 g/mol. The van der Waals surface area contributed by atoms with Crippen molar-refractivity contribution in [2.45, 2.75) is 49.9 Å². The van der Waals surface area contributed by atoms with Crippen LogP contribution >= 0.6 is 23.1 Å². The first kappa shape index (κ1) is 16.5. The normalized spacial score (nSPS) is 17.4. The Hall–Kier alpha value is -1.36. The van der Waals surface area contributed by atoms with Crippen LogP contribution in [0.25, 0.3) is 10.7 Å². The van der Waals surface area contributed by atoms with E-state index in [-0.39, 0.29) is 6.10 Å². The minimum absolute atomic E-state index is 0.266. The molecule has 1 aliphatic rings. The Bertz CT molecular complexity index is 642. The number of thiophene rings is 1. The number of nitriles is 1. The van der Waals surface area contributed by atoms with E-state index >= 15 is 0 Å². The van der Waals surface area contributed by atoms with Crippen molar-refractivity contribution in [1.82, 2.24) is 14.8 Å². The quantitative estimate of drug-likeness (QED) is 0.533. The molecule has 1 unspecified atom stereocenters. The fraction of sp³-hybridized carbons (Fsp3) is 0.562. The summed E-state index contributed by atoms with van der Waals surface area (Å²) in [5.41, 5.74) is 0. The lowest BCUT2D eigenvalue weighted by atomic mass is 10.2. The molecule has 2 aromatic heterocycles. The van der Waals surface area contributed by atoms with Crippen molar-refractivity contribution in [3.05, 3.63) is 17.5 Å². The Labute approximate surface area is 144 Å². The van der Waals surface area contributed by atoms with Gasteiger partial charge in [0, 0.05) is 18.8 Å². The maximum absolute atomic E-state index is 8.60. The first-order chi connectivity index (χ1) is 11.4. The standard InChI is InChI=1S/C16H20N4OS2/c17-8-2-1-3-10-23-16-19-18-15(14-7-5-11-22-14)20(16)12-13-6-4-9-21-13/h5,7,11,13H,1-4,6,9-10,12H2. The lowest BCUT2D eigenvalue weighted by molar-refractivity contribution is 0.0953. The van der Waals surface area contributed by atoms with Gasteiger partial charge in [-0.3, -0.25) is 4.57 Å². The molecular formula is C16H20N4OS2. The van der Waals surface area contributed by atoms with E-state index in [1.165, 1.54) is 0 Å². The summed E-state index contributed by atoms with van der Waals surface area (Å²) >= 11 is 3.41. The number of rotatable bonds is 8. The van der Waals surface area contributed by atoms with Crippen LogP contribution in [0.3, 0.4) is 0 Å². The van der Waals surface area contributed by atoms with E-state index < -0.39 is 0 Å². The van der Waals surface area contributed by atoms with Gasteiger partial charge in [0.05, 0.1) is 23.6 Å². The summed E-state index contributed by atoms with van der Waals surface area (Å²) < 4.78 is 8.00. The van der Waals surface area contributed by atoms with Gasteiger partial charge in [0.2, 0.25) is 0 Å². The van der Waals surface area contributed by atoms with Crippen molar-refractivity contribution < 1.29 is 4.74 Å². The molecule has 0 bridgehead atoms. The highest BCUT2D eigenvalue weighted by molar-refractivity contribution is 7.99. The predicted molar refractivity (Wildman–Crippen MR) is 92.5 cm³/mol. The molecular weight excluding hydrogens is 328 g/mol. The van der Waals surface area contributed by atoms with Gasteiger partial charge in [0.15, 0.2) is 11.0 Å². The Morgan fingerprint density at radius 2 is 2.39 bits per heavy atom. The van der Waals surface area contributed by atoms with E-state index in [0.29, 0.717) is 6.42 Å². The molecule has 0 saturated carbocycles. The number of aromatic nitrogens is 3. The number of hydrogen-bond acceptors (Lipinski definition) is 6. The Morgan fingerprint density at radius 1 is 1.43 bits per heavy atom. The van der Waals surface area contributed by atoms with Gasteiger partial charge in [-0.2, -0.15) is 5.26 Å².